The maximum Gasteiger partial charge on any atom is 0.221 e. The van der Waals surface area contributed by atoms with Crippen LogP contribution in [0.1, 0.15) is 51.9 Å². The van der Waals surface area contributed by atoms with Crippen molar-refractivity contribution in [3.8, 4) is 5.88 Å². The lowest BCUT2D eigenvalue weighted by molar-refractivity contribution is 0.110. The van der Waals surface area contributed by atoms with E-state index in [0.717, 1.165) is 23.8 Å². The quantitative estimate of drug-likeness (QED) is 0.837. The molecule has 0 aromatic carbocycles. The van der Waals surface area contributed by atoms with Gasteiger partial charge in [0.25, 0.3) is 0 Å². The van der Waals surface area contributed by atoms with Crippen molar-refractivity contribution in [2.45, 2.75) is 53.0 Å². The van der Waals surface area contributed by atoms with Crippen molar-refractivity contribution in [2.24, 2.45) is 0 Å². The second kappa shape index (κ2) is 7.07. The molecule has 0 saturated carbocycles. The van der Waals surface area contributed by atoms with E-state index in [9.17, 15) is 0 Å². The van der Waals surface area contributed by atoms with E-state index in [0.29, 0.717) is 12.5 Å². The van der Waals surface area contributed by atoms with Gasteiger partial charge in [-0.25, -0.2) is 4.98 Å². The average molecular weight is 294 g/mol. The molecule has 5 heteroatoms. The highest BCUT2D eigenvalue weighted by Crippen LogP contribution is 2.26. The number of nitrogens with one attached hydrogen (secondary N) is 1. The minimum Gasteiger partial charge on any atom is -0.475 e. The normalized spacial score (nSPS) is 12.1. The number of aromatic nitrogens is 2. The summed E-state index contributed by atoms with van der Waals surface area (Å²) in [6.07, 6.45) is 0. The first-order valence-electron chi connectivity index (χ1n) is 7.61. The number of nitrogens with zero attached hydrogens (tertiary/aromatic N) is 3. The number of ether oxygens (including phenoxy) is 1. The number of likely N-dealkylation sites (N-methyl/N-ethyl adjacent to an activating group) is 1. The van der Waals surface area contributed by atoms with Gasteiger partial charge in [-0.3, -0.25) is 0 Å². The molecule has 1 heterocycles. The maximum absolute atomic E-state index is 6.01. The molecule has 0 bridgehead atoms. The summed E-state index contributed by atoms with van der Waals surface area (Å²) in [5.74, 6) is 2.63. The number of hydrogen-bond acceptors (Lipinski definition) is 5. The van der Waals surface area contributed by atoms with Crippen molar-refractivity contribution in [3.63, 3.8) is 0 Å². The molecule has 0 unspecified atom stereocenters. The van der Waals surface area contributed by atoms with Crippen LogP contribution >= 0.6 is 0 Å². The first-order valence-corrected chi connectivity index (χ1v) is 7.61. The minimum absolute atomic E-state index is 0.0479. The summed E-state index contributed by atoms with van der Waals surface area (Å²) in [7, 11) is 4.11. The summed E-state index contributed by atoms with van der Waals surface area (Å²) in [6.45, 7) is 14.0. The molecule has 21 heavy (non-hydrogen) atoms. The Morgan fingerprint density at radius 2 is 1.86 bits per heavy atom. The van der Waals surface area contributed by atoms with Crippen LogP contribution < -0.4 is 10.1 Å². The molecule has 0 spiro atoms. The fourth-order valence-corrected chi connectivity index (χ4v) is 1.62. The predicted molar refractivity (Wildman–Crippen MR) is 88.3 cm³/mol. The third-order valence-electron chi connectivity index (χ3n) is 3.75. The van der Waals surface area contributed by atoms with Gasteiger partial charge in [-0.2, -0.15) is 4.98 Å². The van der Waals surface area contributed by atoms with Crippen molar-refractivity contribution in [2.75, 3.05) is 32.6 Å². The van der Waals surface area contributed by atoms with Crippen LogP contribution in [0.25, 0.3) is 0 Å². The molecule has 120 valence electrons. The Bertz CT molecular complexity index is 470. The van der Waals surface area contributed by atoms with Crippen molar-refractivity contribution in [1.29, 1.82) is 0 Å². The highest BCUT2D eigenvalue weighted by molar-refractivity contribution is 5.48. The second-order valence-electron chi connectivity index (χ2n) is 6.54. The molecule has 0 aliphatic heterocycles. The van der Waals surface area contributed by atoms with Crippen LogP contribution in [0.3, 0.4) is 0 Å². The molecule has 0 saturated heterocycles. The summed E-state index contributed by atoms with van der Waals surface area (Å²) in [6, 6.07) is 0. The number of hydrogen-bond donors (Lipinski definition) is 1. The second-order valence-corrected chi connectivity index (χ2v) is 6.54. The van der Waals surface area contributed by atoms with Crippen LogP contribution in [0, 0.1) is 6.92 Å². The molecule has 0 aliphatic rings. The van der Waals surface area contributed by atoms with Gasteiger partial charge in [-0.1, -0.05) is 13.8 Å². The SMILES string of the molecule is CCNc1nc(C(C)C)nc(OCC(C)(C)N(C)C)c1C. The Labute approximate surface area is 129 Å². The van der Waals surface area contributed by atoms with E-state index in [1.54, 1.807) is 0 Å². The molecular weight excluding hydrogens is 264 g/mol. The maximum atomic E-state index is 6.01. The van der Waals surface area contributed by atoms with E-state index in [1.807, 2.05) is 6.92 Å². The van der Waals surface area contributed by atoms with Crippen LogP contribution in [0.5, 0.6) is 5.88 Å². The van der Waals surface area contributed by atoms with Crippen LogP contribution in [0.2, 0.25) is 0 Å². The van der Waals surface area contributed by atoms with Gasteiger partial charge in [0, 0.05) is 18.0 Å². The molecule has 0 atom stereocenters. The Morgan fingerprint density at radius 1 is 1.24 bits per heavy atom. The lowest BCUT2D eigenvalue weighted by Crippen LogP contribution is -2.43. The zero-order valence-electron chi connectivity index (χ0n) is 14.7. The molecule has 1 aromatic rings. The molecule has 1 N–H and O–H groups in total. The van der Waals surface area contributed by atoms with Gasteiger partial charge < -0.3 is 15.0 Å². The molecule has 0 radical (unpaired) electrons. The fraction of sp³-hybridized carbons (Fsp3) is 0.750. The van der Waals surface area contributed by atoms with Gasteiger partial charge in [0.1, 0.15) is 18.2 Å². The predicted octanol–water partition coefficient (Wildman–Crippen LogP) is 3.06. The van der Waals surface area contributed by atoms with E-state index in [4.69, 9.17) is 4.74 Å². The molecule has 0 amide bonds. The lowest BCUT2D eigenvalue weighted by Gasteiger charge is -2.32. The van der Waals surface area contributed by atoms with Gasteiger partial charge in [0.05, 0.1) is 5.56 Å². The summed E-state index contributed by atoms with van der Waals surface area (Å²) in [5, 5.41) is 3.29. The van der Waals surface area contributed by atoms with Crippen molar-refractivity contribution >= 4 is 5.82 Å². The van der Waals surface area contributed by atoms with E-state index < -0.39 is 0 Å². The Morgan fingerprint density at radius 3 is 2.33 bits per heavy atom. The first-order chi connectivity index (χ1) is 9.69. The third kappa shape index (κ3) is 4.56. The van der Waals surface area contributed by atoms with Crippen molar-refractivity contribution in [1.82, 2.24) is 14.9 Å². The highest BCUT2D eigenvalue weighted by Gasteiger charge is 2.23. The van der Waals surface area contributed by atoms with Crippen molar-refractivity contribution in [3.05, 3.63) is 11.4 Å². The van der Waals surface area contributed by atoms with Crippen LogP contribution in [0.15, 0.2) is 0 Å². The zero-order valence-corrected chi connectivity index (χ0v) is 14.7. The van der Waals surface area contributed by atoms with Gasteiger partial charge in [-0.15, -0.1) is 0 Å². The molecule has 0 fully saturated rings. The first kappa shape index (κ1) is 17.7. The number of rotatable bonds is 7. The summed E-state index contributed by atoms with van der Waals surface area (Å²) in [4.78, 5) is 11.3. The largest absolute Gasteiger partial charge is 0.475 e. The lowest BCUT2D eigenvalue weighted by atomic mass is 10.1. The smallest absolute Gasteiger partial charge is 0.221 e. The zero-order chi connectivity index (χ0) is 16.2. The van der Waals surface area contributed by atoms with Gasteiger partial charge >= 0.3 is 0 Å². The Kier molecular flexibility index (Phi) is 5.96. The van der Waals surface area contributed by atoms with Gasteiger partial charge in [0.15, 0.2) is 0 Å². The molecule has 1 rings (SSSR count). The summed E-state index contributed by atoms with van der Waals surface area (Å²) >= 11 is 0. The minimum atomic E-state index is -0.0479. The van der Waals surface area contributed by atoms with E-state index in [2.05, 4.69) is 68.9 Å². The Balaban J connectivity index is 3.05. The van der Waals surface area contributed by atoms with Gasteiger partial charge in [0.2, 0.25) is 5.88 Å². The van der Waals surface area contributed by atoms with Crippen LogP contribution in [0.4, 0.5) is 5.82 Å². The van der Waals surface area contributed by atoms with E-state index >= 15 is 0 Å². The highest BCUT2D eigenvalue weighted by atomic mass is 16.5. The molecule has 0 aliphatic carbocycles. The molecule has 5 nitrogen and oxygen atoms in total. The summed E-state index contributed by atoms with van der Waals surface area (Å²) in [5.41, 5.74) is 0.920. The standard InChI is InChI=1S/C16H30N4O/c1-9-17-14-12(4)15(19-13(18-14)11(2)3)21-10-16(5,6)20(7)8/h11H,9-10H2,1-8H3,(H,17,18,19). The van der Waals surface area contributed by atoms with E-state index in [1.165, 1.54) is 0 Å². The molecular formula is C16H30N4O. The summed E-state index contributed by atoms with van der Waals surface area (Å²) < 4.78 is 6.01. The van der Waals surface area contributed by atoms with Crippen LogP contribution in [-0.4, -0.2) is 47.7 Å². The fourth-order valence-electron chi connectivity index (χ4n) is 1.62. The monoisotopic (exact) mass is 294 g/mol. The molecule has 1 aromatic heterocycles. The van der Waals surface area contributed by atoms with E-state index in [-0.39, 0.29) is 11.5 Å². The van der Waals surface area contributed by atoms with Crippen molar-refractivity contribution < 1.29 is 4.74 Å². The number of anilines is 1. The average Bonchev–Trinajstić information content (AvgIpc) is 2.39. The Hall–Kier alpha value is -1.36. The van der Waals surface area contributed by atoms with Crippen LogP contribution in [-0.2, 0) is 0 Å². The third-order valence-corrected chi connectivity index (χ3v) is 3.75. The topological polar surface area (TPSA) is 50.3 Å². The van der Waals surface area contributed by atoms with Gasteiger partial charge in [-0.05, 0) is 41.8 Å².